The van der Waals surface area contributed by atoms with E-state index in [1.54, 1.807) is 30.3 Å². The standard InChI is InChI=1S/C19H16ClN3O4S2/c1-29(26,27)12-6-7-14-16(9-12)28-19(21-14)22-18(25)11-8-17(24)23(10-11)15-5-3-2-4-13(15)20/h2-7,9,11H,8,10H2,1H3,(H,21,22,25)/t11-/m0/s1. The van der Waals surface area contributed by atoms with Crippen LogP contribution in [0.25, 0.3) is 10.2 Å². The molecule has 0 spiro atoms. The third kappa shape index (κ3) is 3.98. The predicted octanol–water partition coefficient (Wildman–Crippen LogP) is 3.34. The van der Waals surface area contributed by atoms with Gasteiger partial charge in [0.1, 0.15) is 0 Å². The molecule has 150 valence electrons. The highest BCUT2D eigenvalue weighted by atomic mass is 35.5. The van der Waals surface area contributed by atoms with E-state index in [0.717, 1.165) is 6.26 Å². The summed E-state index contributed by atoms with van der Waals surface area (Å²) in [6.07, 6.45) is 1.22. The van der Waals surface area contributed by atoms with Crippen molar-refractivity contribution in [1.82, 2.24) is 4.98 Å². The summed E-state index contributed by atoms with van der Waals surface area (Å²) in [7, 11) is -3.33. The zero-order valence-electron chi connectivity index (χ0n) is 15.3. The molecule has 0 unspecified atom stereocenters. The summed E-state index contributed by atoms with van der Waals surface area (Å²) in [5.41, 5.74) is 1.18. The van der Waals surface area contributed by atoms with E-state index in [-0.39, 0.29) is 29.7 Å². The Bertz CT molecular complexity index is 1240. The van der Waals surface area contributed by atoms with Gasteiger partial charge in [-0.25, -0.2) is 13.4 Å². The summed E-state index contributed by atoms with van der Waals surface area (Å²) in [5, 5.41) is 3.56. The molecule has 7 nitrogen and oxygen atoms in total. The summed E-state index contributed by atoms with van der Waals surface area (Å²) in [6, 6.07) is 11.6. The van der Waals surface area contributed by atoms with Gasteiger partial charge in [-0.15, -0.1) is 0 Å². The van der Waals surface area contributed by atoms with Crippen molar-refractivity contribution in [3.05, 3.63) is 47.5 Å². The van der Waals surface area contributed by atoms with Crippen LogP contribution in [0.5, 0.6) is 0 Å². The molecule has 3 aromatic rings. The molecular formula is C19H16ClN3O4S2. The first-order valence-electron chi connectivity index (χ1n) is 8.69. The predicted molar refractivity (Wildman–Crippen MR) is 113 cm³/mol. The van der Waals surface area contributed by atoms with Gasteiger partial charge in [0.15, 0.2) is 15.0 Å². The van der Waals surface area contributed by atoms with Gasteiger partial charge < -0.3 is 10.2 Å². The number of carbonyl (C=O) groups is 2. The van der Waals surface area contributed by atoms with Crippen molar-refractivity contribution in [3.8, 4) is 0 Å². The van der Waals surface area contributed by atoms with Crippen LogP contribution in [0.3, 0.4) is 0 Å². The molecule has 1 fully saturated rings. The second-order valence-electron chi connectivity index (χ2n) is 6.77. The van der Waals surface area contributed by atoms with Gasteiger partial charge in [-0.1, -0.05) is 35.1 Å². The van der Waals surface area contributed by atoms with Crippen molar-refractivity contribution in [3.63, 3.8) is 0 Å². The molecular weight excluding hydrogens is 434 g/mol. The van der Waals surface area contributed by atoms with Crippen LogP contribution in [0, 0.1) is 5.92 Å². The van der Waals surface area contributed by atoms with E-state index in [0.29, 0.717) is 26.1 Å². The van der Waals surface area contributed by atoms with Crippen LogP contribution in [0.4, 0.5) is 10.8 Å². The monoisotopic (exact) mass is 449 g/mol. The molecule has 2 aromatic carbocycles. The highest BCUT2D eigenvalue weighted by Crippen LogP contribution is 2.32. The number of para-hydroxylation sites is 1. The van der Waals surface area contributed by atoms with Gasteiger partial charge in [-0.3, -0.25) is 9.59 Å². The first-order chi connectivity index (χ1) is 13.7. The number of aromatic nitrogens is 1. The molecule has 1 atom stereocenters. The lowest BCUT2D eigenvalue weighted by atomic mass is 10.1. The van der Waals surface area contributed by atoms with Gasteiger partial charge in [-0.05, 0) is 30.3 Å². The Hall–Kier alpha value is -2.49. The van der Waals surface area contributed by atoms with Crippen LogP contribution in [0.15, 0.2) is 47.4 Å². The van der Waals surface area contributed by atoms with Crippen molar-refractivity contribution in [2.45, 2.75) is 11.3 Å². The van der Waals surface area contributed by atoms with Crippen molar-refractivity contribution in [1.29, 1.82) is 0 Å². The zero-order valence-corrected chi connectivity index (χ0v) is 17.6. The smallest absolute Gasteiger partial charge is 0.231 e. The van der Waals surface area contributed by atoms with Crippen LogP contribution < -0.4 is 10.2 Å². The molecule has 29 heavy (non-hydrogen) atoms. The van der Waals surface area contributed by atoms with Crippen molar-refractivity contribution < 1.29 is 18.0 Å². The van der Waals surface area contributed by atoms with Crippen molar-refractivity contribution in [2.75, 3.05) is 23.0 Å². The fourth-order valence-electron chi connectivity index (χ4n) is 3.18. The largest absolute Gasteiger partial charge is 0.310 e. The molecule has 1 saturated heterocycles. The number of nitrogens with one attached hydrogen (secondary N) is 1. The van der Waals surface area contributed by atoms with Gasteiger partial charge in [-0.2, -0.15) is 0 Å². The lowest BCUT2D eigenvalue weighted by molar-refractivity contribution is -0.122. The molecule has 10 heteroatoms. The summed E-state index contributed by atoms with van der Waals surface area (Å²) >= 11 is 7.36. The fourth-order valence-corrected chi connectivity index (χ4v) is 5.05. The molecule has 0 bridgehead atoms. The van der Waals surface area contributed by atoms with Crippen LogP contribution >= 0.6 is 22.9 Å². The minimum Gasteiger partial charge on any atom is -0.310 e. The average Bonchev–Trinajstić information content (AvgIpc) is 3.23. The van der Waals surface area contributed by atoms with E-state index in [1.165, 1.54) is 28.4 Å². The second kappa shape index (κ2) is 7.40. The first kappa shape index (κ1) is 19.8. The van der Waals surface area contributed by atoms with Crippen molar-refractivity contribution >= 4 is 65.6 Å². The Balaban J connectivity index is 1.51. The summed E-state index contributed by atoms with van der Waals surface area (Å²) in [5.74, 6) is -1.01. The van der Waals surface area contributed by atoms with Crippen LogP contribution in [0.1, 0.15) is 6.42 Å². The number of nitrogens with zero attached hydrogens (tertiary/aromatic N) is 2. The van der Waals surface area contributed by atoms with Crippen LogP contribution in [-0.2, 0) is 19.4 Å². The summed E-state index contributed by atoms with van der Waals surface area (Å²) < 4.78 is 24.1. The molecule has 2 heterocycles. The molecule has 1 aliphatic heterocycles. The maximum Gasteiger partial charge on any atom is 0.231 e. The van der Waals surface area contributed by atoms with Gasteiger partial charge in [0.05, 0.1) is 31.7 Å². The van der Waals surface area contributed by atoms with E-state index in [1.807, 2.05) is 0 Å². The number of amides is 2. The van der Waals surface area contributed by atoms with Gasteiger partial charge in [0, 0.05) is 19.2 Å². The Kier molecular flexibility index (Phi) is 5.05. The van der Waals surface area contributed by atoms with Crippen molar-refractivity contribution in [2.24, 2.45) is 5.92 Å². The number of hydrogen-bond acceptors (Lipinski definition) is 6. The third-order valence-electron chi connectivity index (χ3n) is 4.66. The van der Waals surface area contributed by atoms with E-state index < -0.39 is 15.8 Å². The van der Waals surface area contributed by atoms with Gasteiger partial charge >= 0.3 is 0 Å². The highest BCUT2D eigenvalue weighted by Gasteiger charge is 2.36. The van der Waals surface area contributed by atoms with Gasteiger partial charge in [0.25, 0.3) is 0 Å². The number of carbonyl (C=O) groups excluding carboxylic acids is 2. The number of anilines is 2. The molecule has 2 amide bonds. The Labute approximate surface area is 176 Å². The second-order valence-corrected chi connectivity index (χ2v) is 10.2. The number of rotatable bonds is 4. The summed E-state index contributed by atoms with van der Waals surface area (Å²) in [4.78, 5) is 31.1. The molecule has 0 aliphatic carbocycles. The normalized spacial score (nSPS) is 17.1. The Morgan fingerprint density at radius 3 is 2.76 bits per heavy atom. The maximum absolute atomic E-state index is 12.7. The molecule has 4 rings (SSSR count). The lowest BCUT2D eigenvalue weighted by Crippen LogP contribution is -2.28. The molecule has 1 aromatic heterocycles. The zero-order chi connectivity index (χ0) is 20.8. The number of sulfone groups is 1. The minimum absolute atomic E-state index is 0.0835. The van der Waals surface area contributed by atoms with Gasteiger partial charge in [0.2, 0.25) is 11.8 Å². The molecule has 1 aliphatic rings. The number of halogens is 1. The van der Waals surface area contributed by atoms with E-state index in [9.17, 15) is 18.0 Å². The number of thiazole rings is 1. The van der Waals surface area contributed by atoms with E-state index >= 15 is 0 Å². The molecule has 0 radical (unpaired) electrons. The number of fused-ring (bicyclic) bond motifs is 1. The Morgan fingerprint density at radius 1 is 1.28 bits per heavy atom. The number of benzene rings is 2. The number of hydrogen-bond donors (Lipinski definition) is 1. The average molecular weight is 450 g/mol. The highest BCUT2D eigenvalue weighted by molar-refractivity contribution is 7.90. The lowest BCUT2D eigenvalue weighted by Gasteiger charge is -2.17. The molecule has 0 saturated carbocycles. The molecule has 1 N–H and O–H groups in total. The quantitative estimate of drug-likeness (QED) is 0.658. The summed E-state index contributed by atoms with van der Waals surface area (Å²) in [6.45, 7) is 0.234. The Morgan fingerprint density at radius 2 is 2.03 bits per heavy atom. The SMILES string of the molecule is CS(=O)(=O)c1ccc2nc(NC(=O)[C@H]3CC(=O)N(c4ccccc4Cl)C3)sc2c1. The van der Waals surface area contributed by atoms with Crippen LogP contribution in [-0.4, -0.2) is 38.0 Å². The first-order valence-corrected chi connectivity index (χ1v) is 11.8. The minimum atomic E-state index is -3.33. The third-order valence-corrected chi connectivity index (χ3v) is 7.02. The van der Waals surface area contributed by atoms with Crippen LogP contribution in [0.2, 0.25) is 5.02 Å². The maximum atomic E-state index is 12.7. The fraction of sp³-hybridized carbons (Fsp3) is 0.211. The van der Waals surface area contributed by atoms with E-state index in [2.05, 4.69) is 10.3 Å². The van der Waals surface area contributed by atoms with E-state index in [4.69, 9.17) is 11.6 Å². The topological polar surface area (TPSA) is 96.4 Å².